The van der Waals surface area contributed by atoms with E-state index < -0.39 is 11.5 Å². The number of nitriles is 1. The number of pyridine rings is 1. The number of nitrogens with zero attached hydrogens (tertiary/aromatic N) is 2. The molecule has 4 aromatic rings. The van der Waals surface area contributed by atoms with Gasteiger partial charge in [-0.3, -0.25) is 10.1 Å². The van der Waals surface area contributed by atoms with Crippen molar-refractivity contribution < 1.29 is 14.3 Å². The van der Waals surface area contributed by atoms with E-state index in [1.807, 2.05) is 60.8 Å². The van der Waals surface area contributed by atoms with Gasteiger partial charge < -0.3 is 15.0 Å². The Kier molecular flexibility index (Phi) is 5.44. The van der Waals surface area contributed by atoms with E-state index in [0.29, 0.717) is 29.9 Å². The minimum atomic E-state index is -0.892. The largest absolute Gasteiger partial charge is 0.444 e. The standard InChI is InChI=1S/C26H21N5O3/c27-16-26(9-10-26)24(32)30-19-8-4-7-18(11-19)22-14-29-23-21(22)12-20(13-28-23)31-25(33)34-15-17-5-2-1-3-6-17/h1-8,11-14H,9-10,15H2,(H,28,29)(H,30,32)(H,31,33). The molecule has 8 nitrogen and oxygen atoms in total. The molecule has 0 atom stereocenters. The third kappa shape index (κ3) is 4.32. The quantitative estimate of drug-likeness (QED) is 0.371. The lowest BCUT2D eigenvalue weighted by molar-refractivity contribution is -0.119. The highest BCUT2D eigenvalue weighted by Crippen LogP contribution is 2.45. The number of nitrogens with one attached hydrogen (secondary N) is 3. The molecule has 1 aliphatic rings. The summed E-state index contributed by atoms with van der Waals surface area (Å²) in [6.45, 7) is 0.170. The first-order valence-corrected chi connectivity index (χ1v) is 10.8. The number of rotatable bonds is 6. The van der Waals surface area contributed by atoms with Crippen molar-refractivity contribution in [2.45, 2.75) is 19.4 Å². The Morgan fingerprint density at radius 3 is 2.65 bits per heavy atom. The summed E-state index contributed by atoms with van der Waals surface area (Å²) in [6.07, 6.45) is 3.99. The summed E-state index contributed by atoms with van der Waals surface area (Å²) < 4.78 is 5.29. The highest BCUT2D eigenvalue weighted by atomic mass is 16.5. The van der Waals surface area contributed by atoms with Gasteiger partial charge in [0, 0.05) is 22.8 Å². The minimum Gasteiger partial charge on any atom is -0.444 e. The van der Waals surface area contributed by atoms with Gasteiger partial charge >= 0.3 is 6.09 Å². The normalized spacial score (nSPS) is 13.6. The highest BCUT2D eigenvalue weighted by molar-refractivity contribution is 6.01. The Morgan fingerprint density at radius 1 is 1.06 bits per heavy atom. The fraction of sp³-hybridized carbons (Fsp3) is 0.154. The maximum atomic E-state index is 12.4. The molecule has 0 unspecified atom stereocenters. The van der Waals surface area contributed by atoms with Crippen LogP contribution in [0.15, 0.2) is 73.1 Å². The third-order valence-corrected chi connectivity index (χ3v) is 5.82. The number of H-pyrrole nitrogens is 1. The van der Waals surface area contributed by atoms with E-state index >= 15 is 0 Å². The predicted molar refractivity (Wildman–Crippen MR) is 128 cm³/mol. The van der Waals surface area contributed by atoms with Crippen molar-refractivity contribution in [3.05, 3.63) is 78.6 Å². The van der Waals surface area contributed by atoms with E-state index in [4.69, 9.17) is 4.74 Å². The number of hydrogen-bond donors (Lipinski definition) is 3. The average molecular weight is 451 g/mol. The van der Waals surface area contributed by atoms with Crippen LogP contribution in [0.4, 0.5) is 16.2 Å². The van der Waals surface area contributed by atoms with Gasteiger partial charge in [-0.05, 0) is 42.2 Å². The van der Waals surface area contributed by atoms with Crippen LogP contribution in [0, 0.1) is 16.7 Å². The fourth-order valence-electron chi connectivity index (χ4n) is 3.72. The average Bonchev–Trinajstić information content (AvgIpc) is 3.56. The fourth-order valence-corrected chi connectivity index (χ4v) is 3.72. The van der Waals surface area contributed by atoms with Crippen LogP contribution in [0.5, 0.6) is 0 Å². The molecule has 0 bridgehead atoms. The summed E-state index contributed by atoms with van der Waals surface area (Å²) in [6, 6.07) is 20.8. The molecule has 1 aliphatic carbocycles. The molecule has 0 spiro atoms. The number of anilines is 2. The number of fused-ring (bicyclic) bond motifs is 1. The second-order valence-corrected chi connectivity index (χ2v) is 8.24. The number of hydrogen-bond acceptors (Lipinski definition) is 5. The summed E-state index contributed by atoms with van der Waals surface area (Å²) in [7, 11) is 0. The van der Waals surface area contributed by atoms with E-state index in [1.165, 1.54) is 0 Å². The van der Waals surface area contributed by atoms with Crippen LogP contribution in [0.3, 0.4) is 0 Å². The number of carbonyl (C=O) groups is 2. The van der Waals surface area contributed by atoms with Gasteiger partial charge in [0.05, 0.1) is 18.0 Å². The first kappa shape index (κ1) is 21.2. The zero-order chi connectivity index (χ0) is 23.5. The monoisotopic (exact) mass is 451 g/mol. The lowest BCUT2D eigenvalue weighted by atomic mass is 10.0. The van der Waals surface area contributed by atoms with Crippen molar-refractivity contribution in [2.75, 3.05) is 10.6 Å². The van der Waals surface area contributed by atoms with Crippen LogP contribution < -0.4 is 10.6 Å². The Balaban J connectivity index is 1.33. The lowest BCUT2D eigenvalue weighted by Gasteiger charge is -2.10. The van der Waals surface area contributed by atoms with Gasteiger partial charge in [0.2, 0.25) is 5.91 Å². The van der Waals surface area contributed by atoms with E-state index in [-0.39, 0.29) is 12.5 Å². The van der Waals surface area contributed by atoms with Crippen LogP contribution in [0.25, 0.3) is 22.2 Å². The van der Waals surface area contributed by atoms with E-state index in [1.54, 1.807) is 12.3 Å². The highest BCUT2D eigenvalue weighted by Gasteiger charge is 2.50. The molecule has 2 heterocycles. The van der Waals surface area contributed by atoms with E-state index in [9.17, 15) is 14.9 Å². The molecule has 5 rings (SSSR count). The Hall–Kier alpha value is -4.64. The molecule has 0 radical (unpaired) electrons. The van der Waals surface area contributed by atoms with Crippen molar-refractivity contribution in [3.63, 3.8) is 0 Å². The smallest absolute Gasteiger partial charge is 0.412 e. The van der Waals surface area contributed by atoms with Crippen LogP contribution >= 0.6 is 0 Å². The van der Waals surface area contributed by atoms with Crippen molar-refractivity contribution in [1.82, 2.24) is 9.97 Å². The van der Waals surface area contributed by atoms with Crippen molar-refractivity contribution >= 4 is 34.4 Å². The molecule has 0 aliphatic heterocycles. The van der Waals surface area contributed by atoms with Crippen molar-refractivity contribution in [1.29, 1.82) is 5.26 Å². The lowest BCUT2D eigenvalue weighted by Crippen LogP contribution is -2.22. The molecule has 2 aromatic heterocycles. The van der Waals surface area contributed by atoms with Crippen LogP contribution in [-0.4, -0.2) is 22.0 Å². The number of carbonyl (C=O) groups excluding carboxylic acids is 2. The SMILES string of the molecule is N#CC1(C(=O)Nc2cccc(-c3c[nH]c4ncc(NC(=O)OCc5ccccc5)cc34)c2)CC1. The molecule has 2 aromatic carbocycles. The van der Waals surface area contributed by atoms with Gasteiger partial charge in [-0.2, -0.15) is 5.26 Å². The summed E-state index contributed by atoms with van der Waals surface area (Å²) in [5, 5.41) is 15.6. The topological polar surface area (TPSA) is 120 Å². The number of benzene rings is 2. The molecule has 3 N–H and O–H groups in total. The van der Waals surface area contributed by atoms with Gasteiger partial charge in [-0.1, -0.05) is 42.5 Å². The summed E-state index contributed by atoms with van der Waals surface area (Å²) in [4.78, 5) is 32.2. The van der Waals surface area contributed by atoms with Gasteiger partial charge in [0.1, 0.15) is 17.7 Å². The minimum absolute atomic E-state index is 0.170. The Labute approximate surface area is 195 Å². The first-order valence-electron chi connectivity index (χ1n) is 10.8. The number of ether oxygens (including phenoxy) is 1. The maximum Gasteiger partial charge on any atom is 0.412 e. The number of aromatic amines is 1. The van der Waals surface area contributed by atoms with E-state index in [0.717, 1.165) is 22.1 Å². The first-order chi connectivity index (χ1) is 16.6. The molecule has 8 heteroatoms. The Morgan fingerprint density at radius 2 is 1.88 bits per heavy atom. The molecule has 1 saturated carbocycles. The molecule has 168 valence electrons. The number of amides is 2. The predicted octanol–water partition coefficient (Wildman–Crippen LogP) is 5.22. The molecule has 34 heavy (non-hydrogen) atoms. The molecule has 0 saturated heterocycles. The van der Waals surface area contributed by atoms with Crippen molar-refractivity contribution in [3.8, 4) is 17.2 Å². The van der Waals surface area contributed by atoms with Gasteiger partial charge in [-0.25, -0.2) is 9.78 Å². The van der Waals surface area contributed by atoms with E-state index in [2.05, 4.69) is 26.7 Å². The number of aromatic nitrogens is 2. The summed E-state index contributed by atoms with van der Waals surface area (Å²) >= 11 is 0. The summed E-state index contributed by atoms with van der Waals surface area (Å²) in [5.41, 5.74) is 3.50. The van der Waals surface area contributed by atoms with Crippen LogP contribution in [0.2, 0.25) is 0 Å². The van der Waals surface area contributed by atoms with Crippen LogP contribution in [-0.2, 0) is 16.1 Å². The van der Waals surface area contributed by atoms with Gasteiger partial charge in [0.15, 0.2) is 0 Å². The van der Waals surface area contributed by atoms with Crippen molar-refractivity contribution in [2.24, 2.45) is 5.41 Å². The van der Waals surface area contributed by atoms with Crippen LogP contribution in [0.1, 0.15) is 18.4 Å². The van der Waals surface area contributed by atoms with Gasteiger partial charge in [-0.15, -0.1) is 0 Å². The maximum absolute atomic E-state index is 12.4. The van der Waals surface area contributed by atoms with Gasteiger partial charge in [0.25, 0.3) is 0 Å². The second-order valence-electron chi connectivity index (χ2n) is 8.24. The molecular formula is C26H21N5O3. The third-order valence-electron chi connectivity index (χ3n) is 5.82. The zero-order valence-electron chi connectivity index (χ0n) is 18.2. The second kappa shape index (κ2) is 8.71. The molecular weight excluding hydrogens is 430 g/mol. The molecule has 2 amide bonds. The molecule has 1 fully saturated rings. The summed E-state index contributed by atoms with van der Waals surface area (Å²) in [5.74, 6) is -0.270. The zero-order valence-corrected chi connectivity index (χ0v) is 18.2. The Bertz CT molecular complexity index is 1420.